The number of nitrogens with zero attached hydrogens (tertiary/aromatic N) is 1. The van der Waals surface area contributed by atoms with Crippen LogP contribution in [0.15, 0.2) is 34.2 Å². The summed E-state index contributed by atoms with van der Waals surface area (Å²) in [7, 11) is 0. The third kappa shape index (κ3) is 3.62. The van der Waals surface area contributed by atoms with Crippen molar-refractivity contribution in [2.24, 2.45) is 0 Å². The van der Waals surface area contributed by atoms with Gasteiger partial charge in [0.15, 0.2) is 0 Å². The Bertz CT molecular complexity index is 586. The fourth-order valence-electron chi connectivity index (χ4n) is 1.62. The molecule has 1 aromatic heterocycles. The SMILES string of the molecule is Cc1ncsc1C(=O)NC[C@@H](O)c1cccc(Br)c1. The monoisotopic (exact) mass is 340 g/mol. The van der Waals surface area contributed by atoms with Crippen LogP contribution in [0.4, 0.5) is 0 Å². The van der Waals surface area contributed by atoms with Crippen LogP contribution in [0.1, 0.15) is 27.0 Å². The average Bonchev–Trinajstić information content (AvgIpc) is 2.82. The number of hydrogen-bond donors (Lipinski definition) is 2. The van der Waals surface area contributed by atoms with E-state index in [-0.39, 0.29) is 12.5 Å². The molecule has 0 bridgehead atoms. The lowest BCUT2D eigenvalue weighted by atomic mass is 10.1. The number of hydrogen-bond acceptors (Lipinski definition) is 4. The van der Waals surface area contributed by atoms with Gasteiger partial charge >= 0.3 is 0 Å². The van der Waals surface area contributed by atoms with Crippen molar-refractivity contribution < 1.29 is 9.90 Å². The number of nitrogens with one attached hydrogen (secondary N) is 1. The maximum Gasteiger partial charge on any atom is 0.263 e. The number of aromatic nitrogens is 1. The minimum absolute atomic E-state index is 0.173. The second-order valence-corrected chi connectivity index (χ2v) is 5.82. The van der Waals surface area contributed by atoms with Gasteiger partial charge in [-0.25, -0.2) is 4.98 Å². The van der Waals surface area contributed by atoms with E-state index in [1.165, 1.54) is 11.3 Å². The minimum Gasteiger partial charge on any atom is -0.387 e. The standard InChI is InChI=1S/C13H13BrN2O2S/c1-8-12(19-7-16-8)13(18)15-6-11(17)9-3-2-4-10(14)5-9/h2-5,7,11,17H,6H2,1H3,(H,15,18)/t11-/m1/s1. The molecule has 0 aliphatic rings. The Morgan fingerprint density at radius 2 is 2.37 bits per heavy atom. The zero-order valence-electron chi connectivity index (χ0n) is 10.3. The zero-order chi connectivity index (χ0) is 13.8. The predicted molar refractivity (Wildman–Crippen MR) is 78.3 cm³/mol. The van der Waals surface area contributed by atoms with Crippen molar-refractivity contribution in [1.29, 1.82) is 0 Å². The molecular formula is C13H13BrN2O2S. The average molecular weight is 341 g/mol. The summed E-state index contributed by atoms with van der Waals surface area (Å²) in [5.74, 6) is -0.200. The summed E-state index contributed by atoms with van der Waals surface area (Å²) in [5, 5.41) is 12.7. The maximum atomic E-state index is 11.9. The van der Waals surface area contributed by atoms with Crippen molar-refractivity contribution in [3.8, 4) is 0 Å². The highest BCUT2D eigenvalue weighted by molar-refractivity contribution is 9.10. The Morgan fingerprint density at radius 3 is 3.00 bits per heavy atom. The van der Waals surface area contributed by atoms with Gasteiger partial charge < -0.3 is 10.4 Å². The molecule has 0 radical (unpaired) electrons. The molecule has 1 amide bonds. The van der Waals surface area contributed by atoms with Gasteiger partial charge in [-0.15, -0.1) is 11.3 Å². The molecule has 0 aliphatic carbocycles. The quantitative estimate of drug-likeness (QED) is 0.899. The molecule has 1 aromatic carbocycles. The van der Waals surface area contributed by atoms with Gasteiger partial charge in [0.2, 0.25) is 0 Å². The Balaban J connectivity index is 1.96. The van der Waals surface area contributed by atoms with E-state index in [4.69, 9.17) is 0 Å². The van der Waals surface area contributed by atoms with E-state index >= 15 is 0 Å². The van der Waals surface area contributed by atoms with Crippen LogP contribution in [0.25, 0.3) is 0 Å². The van der Waals surface area contributed by atoms with E-state index in [2.05, 4.69) is 26.2 Å². The lowest BCUT2D eigenvalue weighted by Gasteiger charge is -2.12. The van der Waals surface area contributed by atoms with E-state index in [0.29, 0.717) is 10.6 Å². The molecule has 1 heterocycles. The van der Waals surface area contributed by atoms with Crippen LogP contribution in [0.3, 0.4) is 0 Å². The smallest absolute Gasteiger partial charge is 0.263 e. The van der Waals surface area contributed by atoms with Crippen molar-refractivity contribution in [3.05, 3.63) is 50.4 Å². The molecule has 0 aliphatic heterocycles. The summed E-state index contributed by atoms with van der Waals surface area (Å²) in [6.45, 7) is 1.96. The molecule has 4 nitrogen and oxygen atoms in total. The second-order valence-electron chi connectivity index (χ2n) is 4.05. The highest BCUT2D eigenvalue weighted by Gasteiger charge is 2.14. The van der Waals surface area contributed by atoms with E-state index < -0.39 is 6.10 Å². The van der Waals surface area contributed by atoms with Gasteiger partial charge in [0.1, 0.15) is 4.88 Å². The Morgan fingerprint density at radius 1 is 1.58 bits per heavy atom. The summed E-state index contributed by atoms with van der Waals surface area (Å²) in [4.78, 5) is 16.5. The van der Waals surface area contributed by atoms with Crippen LogP contribution >= 0.6 is 27.3 Å². The normalized spacial score (nSPS) is 12.2. The fraction of sp³-hybridized carbons (Fsp3) is 0.231. The highest BCUT2D eigenvalue weighted by atomic mass is 79.9. The first-order valence-corrected chi connectivity index (χ1v) is 7.37. The van der Waals surface area contributed by atoms with E-state index in [0.717, 1.165) is 10.0 Å². The summed E-state index contributed by atoms with van der Waals surface area (Å²) in [5.41, 5.74) is 3.10. The number of benzene rings is 1. The number of thiazole rings is 1. The number of carbonyl (C=O) groups is 1. The van der Waals surface area contributed by atoms with Crippen LogP contribution in [0, 0.1) is 6.92 Å². The Hall–Kier alpha value is -1.24. The molecule has 100 valence electrons. The van der Waals surface area contributed by atoms with Crippen molar-refractivity contribution in [1.82, 2.24) is 10.3 Å². The first kappa shape index (κ1) is 14.2. The number of halogens is 1. The molecular weight excluding hydrogens is 328 g/mol. The molecule has 0 spiro atoms. The van der Waals surface area contributed by atoms with E-state index in [1.807, 2.05) is 24.3 Å². The maximum absolute atomic E-state index is 11.9. The molecule has 19 heavy (non-hydrogen) atoms. The third-order valence-corrected chi connectivity index (χ3v) is 4.06. The first-order valence-electron chi connectivity index (χ1n) is 5.69. The third-order valence-electron chi connectivity index (χ3n) is 2.64. The lowest BCUT2D eigenvalue weighted by molar-refractivity contribution is 0.0919. The summed E-state index contributed by atoms with van der Waals surface area (Å²) in [6, 6.07) is 7.38. The molecule has 2 rings (SSSR count). The minimum atomic E-state index is -0.727. The molecule has 1 atom stereocenters. The largest absolute Gasteiger partial charge is 0.387 e. The van der Waals surface area contributed by atoms with Crippen molar-refractivity contribution >= 4 is 33.2 Å². The van der Waals surface area contributed by atoms with E-state index in [1.54, 1.807) is 12.4 Å². The van der Waals surface area contributed by atoms with Crippen molar-refractivity contribution in [3.63, 3.8) is 0 Å². The number of rotatable bonds is 4. The molecule has 6 heteroatoms. The van der Waals surface area contributed by atoms with Gasteiger partial charge in [0.25, 0.3) is 5.91 Å². The number of aliphatic hydroxyl groups excluding tert-OH is 1. The fourth-order valence-corrected chi connectivity index (χ4v) is 2.76. The van der Waals surface area contributed by atoms with Gasteiger partial charge in [-0.1, -0.05) is 28.1 Å². The second kappa shape index (κ2) is 6.27. The molecule has 0 saturated heterocycles. The van der Waals surface area contributed by atoms with Crippen LogP contribution in [-0.2, 0) is 0 Å². The van der Waals surface area contributed by atoms with Crippen LogP contribution in [0.5, 0.6) is 0 Å². The van der Waals surface area contributed by atoms with Gasteiger partial charge in [0.05, 0.1) is 17.3 Å². The van der Waals surface area contributed by atoms with Crippen molar-refractivity contribution in [2.75, 3.05) is 6.54 Å². The van der Waals surface area contributed by atoms with Crippen LogP contribution in [-0.4, -0.2) is 22.5 Å². The molecule has 0 unspecified atom stereocenters. The number of amides is 1. The molecule has 2 N–H and O–H groups in total. The zero-order valence-corrected chi connectivity index (χ0v) is 12.7. The van der Waals surface area contributed by atoms with Gasteiger partial charge in [-0.2, -0.15) is 0 Å². The van der Waals surface area contributed by atoms with Crippen LogP contribution in [0.2, 0.25) is 0 Å². The number of aliphatic hydroxyl groups is 1. The summed E-state index contributed by atoms with van der Waals surface area (Å²) in [6.07, 6.45) is -0.727. The first-order chi connectivity index (χ1) is 9.08. The number of carbonyl (C=O) groups excluding carboxylic acids is 1. The molecule has 0 saturated carbocycles. The summed E-state index contributed by atoms with van der Waals surface area (Å²) >= 11 is 4.64. The Labute approximate surface area is 123 Å². The van der Waals surface area contributed by atoms with Crippen molar-refractivity contribution in [2.45, 2.75) is 13.0 Å². The van der Waals surface area contributed by atoms with Gasteiger partial charge in [-0.05, 0) is 24.6 Å². The van der Waals surface area contributed by atoms with E-state index in [9.17, 15) is 9.90 Å². The summed E-state index contributed by atoms with van der Waals surface area (Å²) < 4.78 is 0.897. The van der Waals surface area contributed by atoms with Gasteiger partial charge in [-0.3, -0.25) is 4.79 Å². The van der Waals surface area contributed by atoms with Crippen LogP contribution < -0.4 is 5.32 Å². The lowest BCUT2D eigenvalue weighted by Crippen LogP contribution is -2.28. The predicted octanol–water partition coefficient (Wildman–Crippen LogP) is 2.68. The highest BCUT2D eigenvalue weighted by Crippen LogP contribution is 2.18. The number of aryl methyl sites for hydroxylation is 1. The molecule has 2 aromatic rings. The van der Waals surface area contributed by atoms with Gasteiger partial charge in [0, 0.05) is 11.0 Å². The topological polar surface area (TPSA) is 62.2 Å². The molecule has 0 fully saturated rings. The Kier molecular flexibility index (Phi) is 4.68.